The van der Waals surface area contributed by atoms with E-state index in [9.17, 15) is 4.79 Å². The zero-order chi connectivity index (χ0) is 14.1. The molecule has 0 saturated carbocycles. The van der Waals surface area contributed by atoms with E-state index < -0.39 is 0 Å². The van der Waals surface area contributed by atoms with Gasteiger partial charge >= 0.3 is 0 Å². The van der Waals surface area contributed by atoms with E-state index in [1.54, 1.807) is 6.07 Å². The lowest BCUT2D eigenvalue weighted by Crippen LogP contribution is -2.31. The fourth-order valence-corrected chi connectivity index (χ4v) is 3.24. The predicted octanol–water partition coefficient (Wildman–Crippen LogP) is 3.48. The SMILES string of the molecule is O=c1cc([C@@H]2CCN[C@H](c3ccc(Cl)cc3Cl)C2)o[nH]1. The van der Waals surface area contributed by atoms with Gasteiger partial charge in [0, 0.05) is 28.1 Å². The Morgan fingerprint density at radius 1 is 1.25 bits per heavy atom. The highest BCUT2D eigenvalue weighted by Gasteiger charge is 2.27. The topological polar surface area (TPSA) is 58.0 Å². The molecule has 0 aliphatic carbocycles. The number of rotatable bonds is 2. The molecule has 0 radical (unpaired) electrons. The van der Waals surface area contributed by atoms with E-state index in [0.29, 0.717) is 15.8 Å². The van der Waals surface area contributed by atoms with Gasteiger partial charge in [-0.3, -0.25) is 4.79 Å². The third-order valence-corrected chi connectivity index (χ3v) is 4.25. The van der Waals surface area contributed by atoms with Gasteiger partial charge in [-0.25, -0.2) is 0 Å². The van der Waals surface area contributed by atoms with Crippen LogP contribution < -0.4 is 10.9 Å². The van der Waals surface area contributed by atoms with Crippen molar-refractivity contribution in [1.82, 2.24) is 10.5 Å². The average molecular weight is 313 g/mol. The van der Waals surface area contributed by atoms with Crippen molar-refractivity contribution in [2.75, 3.05) is 6.54 Å². The number of aromatic nitrogens is 1. The Labute approximate surface area is 126 Å². The van der Waals surface area contributed by atoms with E-state index in [2.05, 4.69) is 10.5 Å². The largest absolute Gasteiger partial charge is 0.383 e. The average Bonchev–Trinajstić information content (AvgIpc) is 2.86. The van der Waals surface area contributed by atoms with Crippen LogP contribution >= 0.6 is 23.2 Å². The van der Waals surface area contributed by atoms with Crippen molar-refractivity contribution in [1.29, 1.82) is 0 Å². The molecule has 2 N–H and O–H groups in total. The lowest BCUT2D eigenvalue weighted by Gasteiger charge is -2.29. The first-order valence-electron chi connectivity index (χ1n) is 6.50. The van der Waals surface area contributed by atoms with Crippen LogP contribution in [0.1, 0.15) is 36.1 Å². The predicted molar refractivity (Wildman–Crippen MR) is 78.5 cm³/mol. The lowest BCUT2D eigenvalue weighted by atomic mass is 9.87. The number of benzene rings is 1. The van der Waals surface area contributed by atoms with Gasteiger partial charge in [0.05, 0.1) is 0 Å². The maximum Gasteiger partial charge on any atom is 0.280 e. The van der Waals surface area contributed by atoms with Crippen molar-refractivity contribution >= 4 is 23.2 Å². The van der Waals surface area contributed by atoms with E-state index >= 15 is 0 Å². The number of hydrogen-bond acceptors (Lipinski definition) is 3. The van der Waals surface area contributed by atoms with Crippen molar-refractivity contribution < 1.29 is 4.52 Å². The van der Waals surface area contributed by atoms with Crippen molar-refractivity contribution in [3.05, 3.63) is 56.0 Å². The van der Waals surface area contributed by atoms with Crippen LogP contribution in [0.3, 0.4) is 0 Å². The Morgan fingerprint density at radius 2 is 2.10 bits per heavy atom. The molecule has 1 aromatic heterocycles. The molecule has 1 aromatic carbocycles. The van der Waals surface area contributed by atoms with Gasteiger partial charge in [-0.2, -0.15) is 5.16 Å². The summed E-state index contributed by atoms with van der Waals surface area (Å²) >= 11 is 12.2. The molecule has 3 rings (SSSR count). The Morgan fingerprint density at radius 3 is 2.80 bits per heavy atom. The summed E-state index contributed by atoms with van der Waals surface area (Å²) in [5.74, 6) is 0.929. The molecule has 1 fully saturated rings. The van der Waals surface area contributed by atoms with Crippen molar-refractivity contribution in [2.24, 2.45) is 0 Å². The summed E-state index contributed by atoms with van der Waals surface area (Å²) in [5.41, 5.74) is 0.832. The minimum atomic E-state index is -0.195. The molecule has 6 heteroatoms. The van der Waals surface area contributed by atoms with Crippen LogP contribution in [0.25, 0.3) is 0 Å². The molecule has 0 unspecified atom stereocenters. The van der Waals surface area contributed by atoms with Crippen LogP contribution in [0.4, 0.5) is 0 Å². The van der Waals surface area contributed by atoms with Crippen LogP contribution in [-0.4, -0.2) is 11.7 Å². The molecule has 106 valence electrons. The van der Waals surface area contributed by atoms with Crippen LogP contribution in [0.2, 0.25) is 10.0 Å². The van der Waals surface area contributed by atoms with E-state index in [0.717, 1.165) is 24.9 Å². The summed E-state index contributed by atoms with van der Waals surface area (Å²) < 4.78 is 5.22. The van der Waals surface area contributed by atoms with Crippen LogP contribution in [-0.2, 0) is 0 Å². The summed E-state index contributed by atoms with van der Waals surface area (Å²) in [6, 6.07) is 7.19. The molecule has 20 heavy (non-hydrogen) atoms. The summed E-state index contributed by atoms with van der Waals surface area (Å²) in [4.78, 5) is 11.2. The summed E-state index contributed by atoms with van der Waals surface area (Å²) in [5, 5.41) is 7.08. The normalized spacial score (nSPS) is 22.9. The smallest absolute Gasteiger partial charge is 0.280 e. The van der Waals surface area contributed by atoms with Crippen molar-refractivity contribution in [3.8, 4) is 0 Å². The van der Waals surface area contributed by atoms with Crippen molar-refractivity contribution in [3.63, 3.8) is 0 Å². The number of piperidine rings is 1. The molecule has 1 saturated heterocycles. The molecule has 0 amide bonds. The quantitative estimate of drug-likeness (QED) is 0.892. The van der Waals surface area contributed by atoms with Gasteiger partial charge in [0.1, 0.15) is 5.76 Å². The first kappa shape index (κ1) is 13.7. The van der Waals surface area contributed by atoms with Gasteiger partial charge in [-0.05, 0) is 37.1 Å². The van der Waals surface area contributed by atoms with E-state index in [1.165, 1.54) is 6.07 Å². The monoisotopic (exact) mass is 312 g/mol. The number of H-pyrrole nitrogens is 1. The molecule has 4 nitrogen and oxygen atoms in total. The molecule has 2 aromatic rings. The Balaban J connectivity index is 1.83. The molecular formula is C14H14Cl2N2O2. The van der Waals surface area contributed by atoms with E-state index in [-0.39, 0.29) is 17.5 Å². The third kappa shape index (κ3) is 2.77. The second-order valence-corrected chi connectivity index (χ2v) is 5.85. The highest BCUT2D eigenvalue weighted by molar-refractivity contribution is 6.35. The molecule has 2 atom stereocenters. The highest BCUT2D eigenvalue weighted by Crippen LogP contribution is 2.36. The first-order chi connectivity index (χ1) is 9.63. The van der Waals surface area contributed by atoms with E-state index in [4.69, 9.17) is 27.7 Å². The summed E-state index contributed by atoms with van der Waals surface area (Å²) in [6.07, 6.45) is 1.77. The third-order valence-electron chi connectivity index (χ3n) is 3.69. The van der Waals surface area contributed by atoms with Gasteiger partial charge < -0.3 is 9.84 Å². The standard InChI is InChI=1S/C14H14Cl2N2O2/c15-9-1-2-10(11(16)6-9)12-5-8(3-4-17-12)13-7-14(19)18-20-13/h1-2,6-8,12,17H,3-5H2,(H,18,19)/t8-,12+/m1/s1. The Kier molecular flexibility index (Phi) is 3.87. The van der Waals surface area contributed by atoms with Gasteiger partial charge in [0.15, 0.2) is 0 Å². The molecule has 2 heterocycles. The van der Waals surface area contributed by atoms with Crippen LogP contribution in [0, 0.1) is 0 Å². The molecule has 1 aliphatic rings. The van der Waals surface area contributed by atoms with Crippen molar-refractivity contribution in [2.45, 2.75) is 24.8 Å². The fourth-order valence-electron chi connectivity index (χ4n) is 2.70. The number of halogens is 2. The van der Waals surface area contributed by atoms with Gasteiger partial charge in [0.2, 0.25) is 0 Å². The fraction of sp³-hybridized carbons (Fsp3) is 0.357. The Hall–Kier alpha value is -1.23. The minimum Gasteiger partial charge on any atom is -0.383 e. The summed E-state index contributed by atoms with van der Waals surface area (Å²) in [7, 11) is 0. The van der Waals surface area contributed by atoms with Gasteiger partial charge in [-0.1, -0.05) is 29.3 Å². The molecule has 0 bridgehead atoms. The number of nitrogens with one attached hydrogen (secondary N) is 2. The highest BCUT2D eigenvalue weighted by atomic mass is 35.5. The molecule has 0 spiro atoms. The summed E-state index contributed by atoms with van der Waals surface area (Å²) in [6.45, 7) is 0.850. The maximum absolute atomic E-state index is 11.2. The Bertz CT molecular complexity index is 665. The first-order valence-corrected chi connectivity index (χ1v) is 7.26. The second-order valence-electron chi connectivity index (χ2n) is 5.01. The van der Waals surface area contributed by atoms with Crippen LogP contribution in [0.5, 0.6) is 0 Å². The maximum atomic E-state index is 11.2. The molecular weight excluding hydrogens is 299 g/mol. The molecule has 1 aliphatic heterocycles. The minimum absolute atomic E-state index is 0.138. The number of hydrogen-bond donors (Lipinski definition) is 2. The van der Waals surface area contributed by atoms with E-state index in [1.807, 2.05) is 12.1 Å². The van der Waals surface area contributed by atoms with Gasteiger partial charge in [0.25, 0.3) is 5.56 Å². The van der Waals surface area contributed by atoms with Crippen LogP contribution in [0.15, 0.2) is 33.6 Å². The number of aromatic amines is 1. The lowest BCUT2D eigenvalue weighted by molar-refractivity contribution is 0.295. The van der Waals surface area contributed by atoms with Gasteiger partial charge in [-0.15, -0.1) is 0 Å². The second kappa shape index (κ2) is 5.64. The zero-order valence-corrected chi connectivity index (χ0v) is 12.2. The zero-order valence-electron chi connectivity index (χ0n) is 10.7.